The molecule has 14 nitrogen and oxygen atoms in total. The van der Waals surface area contributed by atoms with E-state index >= 15 is 0 Å². The molecule has 11 fully saturated rings. The number of nitrogens with zero attached hydrogens (tertiary/aromatic N) is 3. The molecule has 0 unspecified atom stereocenters. The van der Waals surface area contributed by atoms with E-state index < -0.39 is 10.8 Å². The molecule has 8 aliphatic carbocycles. The summed E-state index contributed by atoms with van der Waals surface area (Å²) >= 11 is 123. The van der Waals surface area contributed by atoms with Crippen LogP contribution in [0.25, 0.3) is 0 Å². The van der Waals surface area contributed by atoms with E-state index in [0.717, 1.165) is 109 Å². The maximum Gasteiger partial charge on any atom is 0.0944 e. The molecule has 0 amide bonds. The zero-order chi connectivity index (χ0) is 97.8. The largest absolute Gasteiger partial charge is 0.396 e. The van der Waals surface area contributed by atoms with Crippen molar-refractivity contribution in [3.05, 3.63) is 304 Å². The van der Waals surface area contributed by atoms with Gasteiger partial charge in [0.2, 0.25) is 0 Å². The molecule has 14 N–H and O–H groups in total. The molecule has 9 aromatic rings. The van der Waals surface area contributed by atoms with Crippen LogP contribution in [-0.4, -0.2) is 130 Å². The Morgan fingerprint density at radius 3 is 0.741 bits per heavy atom. The molecule has 8 saturated carbocycles. The number of nitrogens with one attached hydrogen (secondary N) is 2. The van der Waals surface area contributed by atoms with Gasteiger partial charge in [-0.05, 0) is 259 Å². The van der Waals surface area contributed by atoms with Crippen LogP contribution in [0.3, 0.4) is 0 Å². The number of ether oxygens (including phenoxy) is 1. The van der Waals surface area contributed by atoms with Crippen molar-refractivity contribution in [2.24, 2.45) is 70.3 Å². The van der Waals surface area contributed by atoms with Crippen LogP contribution < -0.4 is 33.6 Å². The van der Waals surface area contributed by atoms with Gasteiger partial charge in [-0.1, -0.05) is 271 Å². The fourth-order valence-corrected chi connectivity index (χ4v) is 22.1. The normalized spacial score (nSPS) is 28.4. The van der Waals surface area contributed by atoms with Gasteiger partial charge in [-0.25, -0.2) is 0 Å². The molecule has 0 radical (unpaired) electrons. The summed E-state index contributed by atoms with van der Waals surface area (Å²) in [5.74, 6) is 5.13. The van der Waals surface area contributed by atoms with Crippen LogP contribution in [0, 0.1) is 81.3 Å². The van der Waals surface area contributed by atoms with Crippen LogP contribution >= 0.6 is 244 Å². The SMILES string of the molecule is C.ClC[C@@H]1CO1.Clc1ccc([C@]23CNC[C@H]2C3)cc1Cl.Clc1ccc([C@]23CNC[C@H]2C3)cc1Cl.N#CCc1ccc(Cl)c(Cl)c1.N#C[C@@]1(c2ccc(Cl)c(Cl)c2)C[C@@H]1CO.N#C[C@]1(c2ccc(Cl)c(Cl)c2)C[C@@H]1CO.NC[C@@]1(c2ccc(Cl)c(Cl)c2)C[C@@H]1CCl.NC[C@@]1(c2ccc(Cl)c(Cl)c2)C[C@@H]1CO.NC[C@]1(c2ccc(Cl)c(Cl)c2)C[C@@H]1CCl.NC[C@]1(c2ccc(Cl)c(Cl)c2)C[C@@H]1CO. The lowest BCUT2D eigenvalue weighted by Gasteiger charge is -2.15. The molecule has 35 heteroatoms. The Labute approximate surface area is 896 Å². The van der Waals surface area contributed by atoms with Gasteiger partial charge >= 0.3 is 0 Å². The van der Waals surface area contributed by atoms with E-state index in [1.807, 2.05) is 91.0 Å². The fourth-order valence-electron chi connectivity index (χ4n) is 18.4. The predicted molar refractivity (Wildman–Crippen MR) is 566 cm³/mol. The Balaban J connectivity index is 0.000000156. The topological polar surface area (TPSA) is 293 Å². The molecule has 726 valence electrons. The minimum absolute atomic E-state index is 0. The molecule has 9 aromatic carbocycles. The Morgan fingerprint density at radius 1 is 0.311 bits per heavy atom. The Hall–Kier alpha value is -2.90. The van der Waals surface area contributed by atoms with Crippen molar-refractivity contribution in [3.8, 4) is 18.2 Å². The Morgan fingerprint density at radius 2 is 0.556 bits per heavy atom. The molecule has 135 heavy (non-hydrogen) atoms. The second-order valence-electron chi connectivity index (χ2n) is 35.7. The van der Waals surface area contributed by atoms with Crippen molar-refractivity contribution in [2.45, 2.75) is 115 Å². The maximum absolute atomic E-state index is 9.14. The third-order valence-electron chi connectivity index (χ3n) is 28.1. The molecule has 3 aliphatic heterocycles. The average Bonchev–Trinajstić information content (AvgIpc) is 1.56. The molecule has 3 heterocycles. The van der Waals surface area contributed by atoms with Crippen LogP contribution in [0.2, 0.25) is 90.4 Å². The number of aliphatic hydroxyl groups excluding tert-OH is 4. The van der Waals surface area contributed by atoms with Crippen molar-refractivity contribution in [3.63, 3.8) is 0 Å². The van der Waals surface area contributed by atoms with E-state index in [9.17, 15) is 0 Å². The number of halogens is 21. The lowest BCUT2D eigenvalue weighted by atomic mass is 9.93. The average molecular weight is 2260 g/mol. The second-order valence-corrected chi connectivity index (χ2v) is 43.9. The second kappa shape index (κ2) is 49.8. The van der Waals surface area contributed by atoms with Gasteiger partial charge in [-0.2, -0.15) is 15.8 Å². The minimum atomic E-state index is -0.553. The zero-order valence-electron chi connectivity index (χ0n) is 72.2. The highest BCUT2D eigenvalue weighted by Crippen LogP contribution is 2.62. The number of aliphatic hydroxyl groups is 4. The molecule has 0 aromatic heterocycles. The smallest absolute Gasteiger partial charge is 0.0944 e. The molecule has 0 bridgehead atoms. The van der Waals surface area contributed by atoms with Gasteiger partial charge in [-0.15, -0.1) is 34.8 Å². The van der Waals surface area contributed by atoms with E-state index in [1.165, 1.54) is 24.0 Å². The third-order valence-corrected chi connectivity index (χ3v) is 35.8. The van der Waals surface area contributed by atoms with E-state index in [1.54, 1.807) is 66.7 Å². The summed E-state index contributed by atoms with van der Waals surface area (Å²) in [5, 5.41) is 79.9. The highest BCUT2D eigenvalue weighted by molar-refractivity contribution is 6.46. The maximum atomic E-state index is 9.14. The number of fused-ring (bicyclic) bond motifs is 2. The number of hydrogen-bond donors (Lipinski definition) is 10. The first kappa shape index (κ1) is 114. The summed E-state index contributed by atoms with van der Waals surface area (Å²) in [4.78, 5) is 0. The molecule has 11 aliphatic rings. The quantitative estimate of drug-likeness (QED) is 0.0251. The van der Waals surface area contributed by atoms with Crippen molar-refractivity contribution < 1.29 is 25.2 Å². The highest BCUT2D eigenvalue weighted by Gasteiger charge is 2.61. The first-order chi connectivity index (χ1) is 63.9. The standard InChI is InChI=1S/2C11H12Cl3N.2C11H13Cl2NO.2C11H9Cl2NO.2C11H11Cl2N.C8H5Cl2N.C3H5ClO.CH4/c2*12-5-8-4-11(8,6-15)7-1-2-9(13)10(14)3-7;4*12-9-2-1-7(3-10(9)13)11(6-14)4-8(11)5-15;2*12-9-2-1-7(3-10(9)13)11-4-8(11)5-14-6-11;9-7-2-1-6(3-4-11)5-8(7)10;4-1-3-2-5-3;/h2*1-3,8H,4-6,15H2;2*1-3,8,15H,4-6,14H2;2*1-3,8,15H,4-5H2;2*1-3,8,14H,4-6H2;1-2,5H,3H2;3H,1-2H2;1H4/t8-,11+;8-,11-;8-,11+;8-,11-;8-,11+;8-,11-;2*8-,11+;;3-;/m11111111.1./s1. The number of piperidine rings is 2. The van der Waals surface area contributed by atoms with Gasteiger partial charge in [0.1, 0.15) is 0 Å². The Kier molecular flexibility index (Phi) is 42.1. The summed E-state index contributed by atoms with van der Waals surface area (Å²) in [6.07, 6.45) is 8.71. The number of nitrogens with two attached hydrogens (primary N) is 4. The fraction of sp³-hybridized carbons (Fsp3) is 0.430. The van der Waals surface area contributed by atoms with Gasteiger partial charge in [0.25, 0.3) is 0 Å². The minimum Gasteiger partial charge on any atom is -0.396 e. The zero-order valence-corrected chi connectivity index (χ0v) is 88.1. The third kappa shape index (κ3) is 26.7. The highest BCUT2D eigenvalue weighted by atomic mass is 35.5. The van der Waals surface area contributed by atoms with Gasteiger partial charge in [0.15, 0.2) is 0 Å². The summed E-state index contributed by atoms with van der Waals surface area (Å²) < 4.78 is 4.73. The number of epoxide rings is 1. The number of rotatable bonds is 20. The van der Waals surface area contributed by atoms with Crippen LogP contribution in [0.5, 0.6) is 0 Å². The van der Waals surface area contributed by atoms with Crippen molar-refractivity contribution >= 4 is 244 Å². The van der Waals surface area contributed by atoms with E-state index in [-0.39, 0.29) is 79.2 Å². The summed E-state index contributed by atoms with van der Waals surface area (Å²) in [6.45, 7) is 8.10. The lowest BCUT2D eigenvalue weighted by Crippen LogP contribution is -2.23. The van der Waals surface area contributed by atoms with Crippen molar-refractivity contribution in [1.29, 1.82) is 15.8 Å². The van der Waals surface area contributed by atoms with Crippen LogP contribution in [0.4, 0.5) is 0 Å². The van der Waals surface area contributed by atoms with E-state index in [4.69, 9.17) is 308 Å². The van der Waals surface area contributed by atoms with Gasteiger partial charge < -0.3 is 58.7 Å². The Bertz CT molecular complexity index is 5300. The van der Waals surface area contributed by atoms with Crippen LogP contribution in [-0.2, 0) is 54.5 Å². The van der Waals surface area contributed by atoms with Crippen molar-refractivity contribution in [2.75, 3.05) is 103 Å². The predicted octanol–water partition coefficient (Wildman–Crippen LogP) is 26.9. The van der Waals surface area contributed by atoms with Crippen molar-refractivity contribution in [1.82, 2.24) is 10.6 Å². The molecule has 3 saturated heterocycles. The number of nitriles is 3. The number of alkyl halides is 3. The number of benzene rings is 9. The molecular formula is C100H104Cl21N9O5. The lowest BCUT2D eigenvalue weighted by molar-refractivity contribution is 0.264. The summed E-state index contributed by atoms with van der Waals surface area (Å²) in [7, 11) is 0. The summed E-state index contributed by atoms with van der Waals surface area (Å²) in [6, 6.07) is 56.8. The molecule has 17 atom stereocenters. The van der Waals surface area contributed by atoms with Gasteiger partial charge in [-0.3, -0.25) is 0 Å². The van der Waals surface area contributed by atoms with Crippen LogP contribution in [0.1, 0.15) is 109 Å². The first-order valence-electron chi connectivity index (χ1n) is 43.2. The first-order valence-corrected chi connectivity index (χ1v) is 51.6. The molecular weight excluding hydrogens is 2150 g/mol. The molecule has 0 spiro atoms. The van der Waals surface area contributed by atoms with Gasteiger partial charge in [0.05, 0.1) is 144 Å². The van der Waals surface area contributed by atoms with Crippen LogP contribution in [0.15, 0.2) is 164 Å². The summed E-state index contributed by atoms with van der Waals surface area (Å²) in [5.41, 5.74) is 32.5. The molecule has 20 rings (SSSR count). The van der Waals surface area contributed by atoms with E-state index in [2.05, 4.69) is 34.9 Å². The van der Waals surface area contributed by atoms with Gasteiger partial charge in [0, 0.05) is 122 Å². The van der Waals surface area contributed by atoms with E-state index in [0.29, 0.717) is 182 Å². The number of hydrogen-bond acceptors (Lipinski definition) is 14. The monoisotopic (exact) mass is 2250 g/mol.